The third-order valence-corrected chi connectivity index (χ3v) is 7.44. The fourth-order valence-electron chi connectivity index (χ4n) is 4.32. The second kappa shape index (κ2) is 8.60. The van der Waals surface area contributed by atoms with Crippen LogP contribution in [0.2, 0.25) is 0 Å². The lowest BCUT2D eigenvalue weighted by atomic mass is 10.1. The number of nitrogens with zero attached hydrogens (tertiary/aromatic N) is 3. The number of amidine groups is 1. The van der Waals surface area contributed by atoms with E-state index in [0.717, 1.165) is 12.8 Å². The van der Waals surface area contributed by atoms with E-state index in [9.17, 15) is 18.0 Å². The van der Waals surface area contributed by atoms with Crippen LogP contribution in [0.4, 0.5) is 5.69 Å². The highest BCUT2D eigenvalue weighted by Gasteiger charge is 2.32. The van der Waals surface area contributed by atoms with Crippen molar-refractivity contribution in [3.05, 3.63) is 59.7 Å². The number of ether oxygens (including phenoxy) is 1. The SMILES string of the molecule is O=C(c1ccc(NC2=NS(=O)(=O)c3ccccc32)cc1)N1CCN(C(=O)C2CCCO2)CC1. The lowest BCUT2D eigenvalue weighted by molar-refractivity contribution is -0.142. The van der Waals surface area contributed by atoms with Gasteiger partial charge in [0.2, 0.25) is 0 Å². The van der Waals surface area contributed by atoms with E-state index >= 15 is 0 Å². The van der Waals surface area contributed by atoms with Crippen molar-refractivity contribution in [2.24, 2.45) is 4.40 Å². The Morgan fingerprint density at radius 3 is 2.36 bits per heavy atom. The maximum atomic E-state index is 12.9. The first-order chi connectivity index (χ1) is 15.9. The fourth-order valence-corrected chi connectivity index (χ4v) is 5.49. The number of hydrogen-bond acceptors (Lipinski definition) is 6. The molecule has 33 heavy (non-hydrogen) atoms. The van der Waals surface area contributed by atoms with Crippen LogP contribution in [-0.2, 0) is 19.6 Å². The van der Waals surface area contributed by atoms with Gasteiger partial charge in [0, 0.05) is 49.6 Å². The Morgan fingerprint density at radius 2 is 1.67 bits per heavy atom. The van der Waals surface area contributed by atoms with Gasteiger partial charge in [-0.1, -0.05) is 12.1 Å². The van der Waals surface area contributed by atoms with Crippen molar-refractivity contribution in [2.45, 2.75) is 23.8 Å². The number of amides is 2. The molecule has 2 saturated heterocycles. The molecule has 0 radical (unpaired) electrons. The molecule has 3 aliphatic rings. The van der Waals surface area contributed by atoms with Crippen LogP contribution in [0.5, 0.6) is 0 Å². The van der Waals surface area contributed by atoms with E-state index in [4.69, 9.17) is 4.74 Å². The first kappa shape index (κ1) is 21.6. The molecular formula is C23H24N4O5S. The average molecular weight is 469 g/mol. The van der Waals surface area contributed by atoms with Crippen LogP contribution in [0.1, 0.15) is 28.8 Å². The minimum atomic E-state index is -3.70. The summed E-state index contributed by atoms with van der Waals surface area (Å²) in [6, 6.07) is 13.5. The summed E-state index contributed by atoms with van der Waals surface area (Å²) in [6.45, 7) is 2.58. The molecular weight excluding hydrogens is 444 g/mol. The van der Waals surface area contributed by atoms with E-state index < -0.39 is 10.0 Å². The van der Waals surface area contributed by atoms with Crippen molar-refractivity contribution in [1.82, 2.24) is 9.80 Å². The van der Waals surface area contributed by atoms with Gasteiger partial charge in [-0.25, -0.2) is 0 Å². The van der Waals surface area contributed by atoms with Gasteiger partial charge in [0.15, 0.2) is 5.84 Å². The van der Waals surface area contributed by atoms with Crippen molar-refractivity contribution < 1.29 is 22.7 Å². The Labute approximate surface area is 192 Å². The van der Waals surface area contributed by atoms with Gasteiger partial charge in [-0.2, -0.15) is 8.42 Å². The summed E-state index contributed by atoms with van der Waals surface area (Å²) in [5.41, 5.74) is 1.68. The molecule has 1 N–H and O–H groups in total. The number of carbonyl (C=O) groups is 2. The number of fused-ring (bicyclic) bond motifs is 1. The number of carbonyl (C=O) groups excluding carboxylic acids is 2. The lowest BCUT2D eigenvalue weighted by Gasteiger charge is -2.35. The zero-order valence-corrected chi connectivity index (χ0v) is 18.8. The van der Waals surface area contributed by atoms with E-state index in [0.29, 0.717) is 49.6 Å². The Balaban J connectivity index is 1.21. The van der Waals surface area contributed by atoms with Crippen molar-refractivity contribution in [2.75, 3.05) is 38.1 Å². The number of anilines is 1. The Morgan fingerprint density at radius 1 is 0.970 bits per heavy atom. The summed E-state index contributed by atoms with van der Waals surface area (Å²) in [6.07, 6.45) is 1.34. The highest BCUT2D eigenvalue weighted by molar-refractivity contribution is 7.90. The van der Waals surface area contributed by atoms with Crippen LogP contribution in [0.3, 0.4) is 0 Å². The monoisotopic (exact) mass is 468 g/mol. The Kier molecular flexibility index (Phi) is 5.63. The topological polar surface area (TPSA) is 108 Å². The van der Waals surface area contributed by atoms with Crippen molar-refractivity contribution in [3.63, 3.8) is 0 Å². The largest absolute Gasteiger partial charge is 0.368 e. The molecule has 172 valence electrons. The molecule has 2 amide bonds. The van der Waals surface area contributed by atoms with E-state index in [-0.39, 0.29) is 28.6 Å². The number of hydrogen-bond donors (Lipinski definition) is 1. The highest BCUT2D eigenvalue weighted by atomic mass is 32.2. The zero-order valence-electron chi connectivity index (χ0n) is 17.9. The van der Waals surface area contributed by atoms with Crippen molar-refractivity contribution in [3.8, 4) is 0 Å². The van der Waals surface area contributed by atoms with Crippen molar-refractivity contribution >= 4 is 33.4 Å². The predicted octanol–water partition coefficient (Wildman–Crippen LogP) is 1.71. The summed E-state index contributed by atoms with van der Waals surface area (Å²) >= 11 is 0. The minimum Gasteiger partial charge on any atom is -0.368 e. The second-order valence-electron chi connectivity index (χ2n) is 8.23. The maximum Gasteiger partial charge on any atom is 0.285 e. The fraction of sp³-hybridized carbons (Fsp3) is 0.348. The number of sulfonamides is 1. The first-order valence-corrected chi connectivity index (χ1v) is 12.4. The molecule has 1 atom stereocenters. The van der Waals surface area contributed by atoms with Crippen LogP contribution in [0, 0.1) is 0 Å². The highest BCUT2D eigenvalue weighted by Crippen LogP contribution is 2.27. The molecule has 2 aromatic rings. The number of piperazine rings is 1. The maximum absolute atomic E-state index is 12.9. The third-order valence-electron chi connectivity index (χ3n) is 6.11. The van der Waals surface area contributed by atoms with Gasteiger partial charge in [-0.3, -0.25) is 9.59 Å². The molecule has 5 rings (SSSR count). The number of nitrogens with one attached hydrogen (secondary N) is 1. The summed E-state index contributed by atoms with van der Waals surface area (Å²) in [4.78, 5) is 29.1. The van der Waals surface area contributed by atoms with E-state index in [1.54, 1.807) is 52.3 Å². The van der Waals surface area contributed by atoms with Crippen LogP contribution in [0.25, 0.3) is 0 Å². The Hall–Kier alpha value is -3.24. The third kappa shape index (κ3) is 4.23. The summed E-state index contributed by atoms with van der Waals surface area (Å²) in [5, 5.41) is 3.03. The summed E-state index contributed by atoms with van der Waals surface area (Å²) in [7, 11) is -3.70. The van der Waals surface area contributed by atoms with Gasteiger partial charge in [0.05, 0.1) is 0 Å². The second-order valence-corrected chi connectivity index (χ2v) is 9.81. The standard InChI is InChI=1S/C23H24N4O5S/c28-22(26-11-13-27(14-12-26)23(29)19-5-3-15-32-19)16-7-9-17(10-8-16)24-21-18-4-1-2-6-20(18)33(30,31)25-21/h1-2,4,6-10,19H,3,5,11-15H2,(H,24,25). The molecule has 3 heterocycles. The molecule has 9 nitrogen and oxygen atoms in total. The van der Waals surface area contributed by atoms with E-state index in [1.165, 1.54) is 6.07 Å². The molecule has 2 aromatic carbocycles. The average Bonchev–Trinajstić information content (AvgIpc) is 3.46. The van der Waals surface area contributed by atoms with Crippen LogP contribution >= 0.6 is 0 Å². The zero-order chi connectivity index (χ0) is 23.0. The summed E-state index contributed by atoms with van der Waals surface area (Å²) < 4.78 is 33.7. The number of rotatable bonds is 3. The van der Waals surface area contributed by atoms with Crippen LogP contribution in [0.15, 0.2) is 57.8 Å². The number of benzene rings is 2. The molecule has 1 unspecified atom stereocenters. The smallest absolute Gasteiger partial charge is 0.285 e. The van der Waals surface area contributed by atoms with Gasteiger partial charge < -0.3 is 19.9 Å². The Bertz CT molecular complexity index is 1210. The summed E-state index contributed by atoms with van der Waals surface area (Å²) in [5.74, 6) is 0.182. The predicted molar refractivity (Wildman–Crippen MR) is 122 cm³/mol. The van der Waals surface area contributed by atoms with Gasteiger partial charge in [0.1, 0.15) is 11.0 Å². The molecule has 2 fully saturated rings. The van der Waals surface area contributed by atoms with Gasteiger partial charge in [-0.05, 0) is 49.2 Å². The van der Waals surface area contributed by atoms with E-state index in [2.05, 4.69) is 9.71 Å². The first-order valence-electron chi connectivity index (χ1n) is 10.9. The quantitative estimate of drug-likeness (QED) is 0.735. The van der Waals surface area contributed by atoms with Crippen LogP contribution in [-0.4, -0.2) is 74.8 Å². The molecule has 0 spiro atoms. The lowest BCUT2D eigenvalue weighted by Crippen LogP contribution is -2.52. The molecule has 0 saturated carbocycles. The molecule has 10 heteroatoms. The van der Waals surface area contributed by atoms with E-state index in [1.807, 2.05) is 0 Å². The molecule has 0 aliphatic carbocycles. The van der Waals surface area contributed by atoms with Gasteiger partial charge in [0.25, 0.3) is 21.8 Å². The molecule has 0 bridgehead atoms. The molecule has 0 aromatic heterocycles. The van der Waals surface area contributed by atoms with Crippen LogP contribution < -0.4 is 5.32 Å². The molecule has 3 aliphatic heterocycles. The van der Waals surface area contributed by atoms with Crippen molar-refractivity contribution in [1.29, 1.82) is 0 Å². The van der Waals surface area contributed by atoms with Gasteiger partial charge >= 0.3 is 0 Å². The normalized spacial score (nSPS) is 21.5. The van der Waals surface area contributed by atoms with Gasteiger partial charge in [-0.15, -0.1) is 4.40 Å². The minimum absolute atomic E-state index is 0.0217.